The molecule has 3 rings (SSSR count). The number of rotatable bonds is 5. The van der Waals surface area contributed by atoms with E-state index in [2.05, 4.69) is 13.8 Å². The predicted octanol–water partition coefficient (Wildman–Crippen LogP) is 7.83. The lowest BCUT2D eigenvalue weighted by Crippen LogP contribution is -2.01. The first-order valence-corrected chi connectivity index (χ1v) is 10.9. The van der Waals surface area contributed by atoms with Crippen molar-refractivity contribution in [2.45, 2.75) is 26.7 Å². The van der Waals surface area contributed by atoms with Gasteiger partial charge < -0.3 is 5.11 Å². The molecule has 1 aromatic heterocycles. The van der Waals surface area contributed by atoms with Crippen LogP contribution in [0.3, 0.4) is 0 Å². The first-order valence-electron chi connectivity index (χ1n) is 8.91. The number of carboxylic acid groups (broad SMARTS) is 1. The summed E-state index contributed by atoms with van der Waals surface area (Å²) >= 11 is 19.3. The fourth-order valence-electron chi connectivity index (χ4n) is 2.49. The van der Waals surface area contributed by atoms with Crippen LogP contribution in [0.5, 0.6) is 0 Å². The zero-order valence-electron chi connectivity index (χ0n) is 15.9. The third-order valence-electron chi connectivity index (χ3n) is 3.71. The van der Waals surface area contributed by atoms with Crippen molar-refractivity contribution in [2.75, 3.05) is 0 Å². The summed E-state index contributed by atoms with van der Waals surface area (Å²) in [5.41, 5.74) is 2.40. The third-order valence-corrected chi connectivity index (χ3v) is 5.95. The summed E-state index contributed by atoms with van der Waals surface area (Å²) in [7, 11) is 0. The molecule has 0 atom stereocenters. The van der Waals surface area contributed by atoms with Gasteiger partial charge in [0.1, 0.15) is 0 Å². The van der Waals surface area contributed by atoms with E-state index in [1.54, 1.807) is 36.4 Å². The van der Waals surface area contributed by atoms with E-state index < -0.39 is 5.97 Å². The van der Waals surface area contributed by atoms with Gasteiger partial charge >= 0.3 is 5.97 Å². The van der Waals surface area contributed by atoms with Crippen LogP contribution in [0.25, 0.3) is 10.4 Å². The van der Waals surface area contributed by atoms with Crippen molar-refractivity contribution in [3.8, 4) is 10.4 Å². The smallest absolute Gasteiger partial charge is 0.307 e. The molecule has 152 valence electrons. The van der Waals surface area contributed by atoms with Gasteiger partial charge in [-0.2, -0.15) is 0 Å². The minimum atomic E-state index is -0.925. The van der Waals surface area contributed by atoms with Crippen LogP contribution in [-0.2, 0) is 11.2 Å². The molecule has 0 aliphatic rings. The SMILES string of the molecule is CCC.N=C(c1ccc(Cl)c(Cl)c1)c1cc(CC(=O)O)c(-c2ccc(Cl)cc2)s1. The molecule has 0 aliphatic heterocycles. The molecule has 0 amide bonds. The van der Waals surface area contributed by atoms with Gasteiger partial charge in [0, 0.05) is 15.5 Å². The molecule has 1 heterocycles. The van der Waals surface area contributed by atoms with E-state index in [0.29, 0.717) is 31.1 Å². The summed E-state index contributed by atoms with van der Waals surface area (Å²) in [4.78, 5) is 12.7. The van der Waals surface area contributed by atoms with Gasteiger partial charge in [0.05, 0.1) is 27.1 Å². The van der Waals surface area contributed by atoms with E-state index >= 15 is 0 Å². The standard InChI is InChI=1S/C19H12Cl3NO2S.C3H8/c20-13-4-1-10(2-5-13)19-12(9-17(24)25)8-16(26-19)18(23)11-3-6-14(21)15(22)7-11;1-3-2/h1-8,23H,9H2,(H,24,25);3H2,1-2H3. The van der Waals surface area contributed by atoms with Gasteiger partial charge in [-0.15, -0.1) is 11.3 Å². The molecule has 0 saturated heterocycles. The highest BCUT2D eigenvalue weighted by atomic mass is 35.5. The van der Waals surface area contributed by atoms with E-state index in [1.807, 2.05) is 12.1 Å². The number of thiophene rings is 1. The van der Waals surface area contributed by atoms with Crippen LogP contribution in [0.15, 0.2) is 48.5 Å². The van der Waals surface area contributed by atoms with Crippen LogP contribution in [0.4, 0.5) is 0 Å². The molecule has 29 heavy (non-hydrogen) atoms. The Morgan fingerprint density at radius 3 is 2.17 bits per heavy atom. The highest BCUT2D eigenvalue weighted by Gasteiger charge is 2.17. The maximum atomic E-state index is 11.2. The molecule has 0 aliphatic carbocycles. The highest BCUT2D eigenvalue weighted by Crippen LogP contribution is 2.35. The molecule has 3 nitrogen and oxygen atoms in total. The molecule has 0 bridgehead atoms. The third kappa shape index (κ3) is 6.31. The maximum Gasteiger partial charge on any atom is 0.307 e. The Hall–Kier alpha value is -1.85. The van der Waals surface area contributed by atoms with Crippen molar-refractivity contribution in [3.05, 3.63) is 79.6 Å². The number of carbonyl (C=O) groups is 1. The molecule has 2 aromatic carbocycles. The zero-order valence-corrected chi connectivity index (χ0v) is 19.0. The number of aliphatic carboxylic acids is 1. The van der Waals surface area contributed by atoms with Gasteiger partial charge in [-0.3, -0.25) is 10.2 Å². The molecule has 2 N–H and O–H groups in total. The highest BCUT2D eigenvalue weighted by molar-refractivity contribution is 7.17. The van der Waals surface area contributed by atoms with Gasteiger partial charge in [0.15, 0.2) is 0 Å². The predicted molar refractivity (Wildman–Crippen MR) is 124 cm³/mol. The molecular weight excluding hydrogens is 449 g/mol. The second-order valence-corrected chi connectivity index (χ2v) is 8.56. The van der Waals surface area contributed by atoms with Crippen molar-refractivity contribution in [1.29, 1.82) is 5.41 Å². The second kappa shape index (κ2) is 10.8. The van der Waals surface area contributed by atoms with Gasteiger partial charge in [-0.25, -0.2) is 0 Å². The van der Waals surface area contributed by atoms with E-state index in [1.165, 1.54) is 17.8 Å². The first-order chi connectivity index (χ1) is 13.8. The monoisotopic (exact) mass is 467 g/mol. The average Bonchev–Trinajstić information content (AvgIpc) is 3.07. The summed E-state index contributed by atoms with van der Waals surface area (Å²) in [6, 6.07) is 13.9. The number of carboxylic acids is 1. The quantitative estimate of drug-likeness (QED) is 0.375. The van der Waals surface area contributed by atoms with Gasteiger partial charge in [-0.05, 0) is 41.5 Å². The van der Waals surface area contributed by atoms with Crippen molar-refractivity contribution in [1.82, 2.24) is 0 Å². The maximum absolute atomic E-state index is 11.2. The average molecular weight is 469 g/mol. The molecule has 0 radical (unpaired) electrons. The molecule has 3 aromatic rings. The summed E-state index contributed by atoms with van der Waals surface area (Å²) in [6.07, 6.45) is 1.13. The van der Waals surface area contributed by atoms with Crippen LogP contribution in [0, 0.1) is 5.41 Å². The van der Waals surface area contributed by atoms with Crippen LogP contribution in [0.1, 0.15) is 36.3 Å². The van der Waals surface area contributed by atoms with Gasteiger partial charge in [0.25, 0.3) is 0 Å². The van der Waals surface area contributed by atoms with E-state index in [4.69, 9.17) is 40.2 Å². The van der Waals surface area contributed by atoms with Gasteiger partial charge in [0.2, 0.25) is 0 Å². The first kappa shape index (κ1) is 23.4. The van der Waals surface area contributed by atoms with Crippen molar-refractivity contribution in [2.24, 2.45) is 0 Å². The van der Waals surface area contributed by atoms with Crippen LogP contribution < -0.4 is 0 Å². The minimum absolute atomic E-state index is 0.122. The van der Waals surface area contributed by atoms with Crippen molar-refractivity contribution >= 4 is 57.8 Å². The topological polar surface area (TPSA) is 61.2 Å². The Kier molecular flexibility index (Phi) is 8.72. The Bertz CT molecular complexity index is 1010. The van der Waals surface area contributed by atoms with Crippen LogP contribution in [-0.4, -0.2) is 16.8 Å². The summed E-state index contributed by atoms with van der Waals surface area (Å²) < 4.78 is 0. The van der Waals surface area contributed by atoms with Gasteiger partial charge in [-0.1, -0.05) is 73.3 Å². The normalized spacial score (nSPS) is 10.2. The molecule has 7 heteroatoms. The lowest BCUT2D eigenvalue weighted by atomic mass is 10.0. The fraction of sp³-hybridized carbons (Fsp3) is 0.182. The van der Waals surface area contributed by atoms with Crippen molar-refractivity contribution < 1.29 is 9.90 Å². The Morgan fingerprint density at radius 2 is 1.62 bits per heavy atom. The number of benzene rings is 2. The van der Waals surface area contributed by atoms with Crippen LogP contribution >= 0.6 is 46.1 Å². The summed E-state index contributed by atoms with van der Waals surface area (Å²) in [5.74, 6) is -0.925. The number of hydrogen-bond donors (Lipinski definition) is 2. The molecule has 0 saturated carbocycles. The number of hydrogen-bond acceptors (Lipinski definition) is 3. The largest absolute Gasteiger partial charge is 0.481 e. The molecule has 0 spiro atoms. The van der Waals surface area contributed by atoms with E-state index in [-0.39, 0.29) is 12.1 Å². The molecule has 0 unspecified atom stereocenters. The lowest BCUT2D eigenvalue weighted by Gasteiger charge is -2.03. The Balaban J connectivity index is 0.000000941. The van der Waals surface area contributed by atoms with E-state index in [9.17, 15) is 9.90 Å². The Morgan fingerprint density at radius 1 is 1.00 bits per heavy atom. The van der Waals surface area contributed by atoms with Crippen LogP contribution in [0.2, 0.25) is 15.1 Å². The number of nitrogens with one attached hydrogen (secondary N) is 1. The minimum Gasteiger partial charge on any atom is -0.481 e. The molecule has 0 fully saturated rings. The summed E-state index contributed by atoms with van der Waals surface area (Å²) in [6.45, 7) is 4.25. The Labute approximate surface area is 189 Å². The van der Waals surface area contributed by atoms with E-state index in [0.717, 1.165) is 10.4 Å². The molecular formula is C22H20Cl3NO2S. The van der Waals surface area contributed by atoms with Crippen molar-refractivity contribution in [3.63, 3.8) is 0 Å². The second-order valence-electron chi connectivity index (χ2n) is 6.25. The zero-order chi connectivity index (χ0) is 21.6. The summed E-state index contributed by atoms with van der Waals surface area (Å²) in [5, 5.41) is 19.1. The fourth-order valence-corrected chi connectivity index (χ4v) is 4.07. The lowest BCUT2D eigenvalue weighted by molar-refractivity contribution is -0.136. The number of halogens is 3.